The lowest BCUT2D eigenvalue weighted by Crippen LogP contribution is -2.47. The molecule has 6 heteroatoms. The second-order valence-corrected chi connectivity index (χ2v) is 7.02. The molecule has 1 unspecified atom stereocenters. The highest BCUT2D eigenvalue weighted by Gasteiger charge is 2.34. The number of amides is 2. The second-order valence-electron chi connectivity index (χ2n) is 7.02. The Morgan fingerprint density at radius 2 is 1.95 bits per heavy atom. The molecule has 0 radical (unpaired) electrons. The smallest absolute Gasteiger partial charge is 0.242 e. The Labute approximate surface area is 134 Å². The normalized spacial score (nSPS) is 18.5. The highest BCUT2D eigenvalue weighted by molar-refractivity contribution is 5.88. The van der Waals surface area contributed by atoms with Crippen LogP contribution in [0.1, 0.15) is 40.0 Å². The Kier molecular flexibility index (Phi) is 7.82. The predicted octanol–water partition coefficient (Wildman–Crippen LogP) is 0.766. The van der Waals surface area contributed by atoms with Gasteiger partial charge in [0.15, 0.2) is 0 Å². The van der Waals surface area contributed by atoms with Crippen LogP contribution in [0, 0.1) is 5.41 Å². The first-order valence-corrected chi connectivity index (χ1v) is 8.12. The number of carbonyl (C=O) groups excluding carboxylic acids is 2. The maximum Gasteiger partial charge on any atom is 0.242 e. The third kappa shape index (κ3) is 6.75. The number of carbonyl (C=O) groups is 2. The van der Waals surface area contributed by atoms with Crippen molar-refractivity contribution in [1.82, 2.24) is 15.5 Å². The fraction of sp³-hybridized carbons (Fsp3) is 0.875. The molecule has 1 atom stereocenters. The monoisotopic (exact) mass is 313 g/mol. The van der Waals surface area contributed by atoms with E-state index in [4.69, 9.17) is 4.74 Å². The van der Waals surface area contributed by atoms with Crippen molar-refractivity contribution in [3.63, 3.8) is 0 Å². The molecule has 1 aliphatic rings. The van der Waals surface area contributed by atoms with E-state index in [0.717, 1.165) is 19.4 Å². The number of ether oxygens (including phenoxy) is 1. The van der Waals surface area contributed by atoms with Crippen molar-refractivity contribution in [2.75, 3.05) is 39.9 Å². The summed E-state index contributed by atoms with van der Waals surface area (Å²) in [6.45, 7) is 9.53. The summed E-state index contributed by atoms with van der Waals surface area (Å²) < 4.78 is 4.94. The number of hydrogen-bond donors (Lipinski definition) is 2. The van der Waals surface area contributed by atoms with Gasteiger partial charge in [-0.3, -0.25) is 9.59 Å². The van der Waals surface area contributed by atoms with E-state index in [0.29, 0.717) is 32.7 Å². The van der Waals surface area contributed by atoms with E-state index in [-0.39, 0.29) is 23.3 Å². The highest BCUT2D eigenvalue weighted by Crippen LogP contribution is 2.24. The number of rotatable bonds is 8. The first-order chi connectivity index (χ1) is 10.3. The summed E-state index contributed by atoms with van der Waals surface area (Å²) >= 11 is 0. The molecule has 0 aromatic rings. The van der Waals surface area contributed by atoms with Gasteiger partial charge in [-0.2, -0.15) is 0 Å². The van der Waals surface area contributed by atoms with Crippen LogP contribution in [-0.4, -0.2) is 62.7 Å². The minimum Gasteiger partial charge on any atom is -0.383 e. The number of nitrogens with one attached hydrogen (secondary N) is 2. The van der Waals surface area contributed by atoms with Crippen molar-refractivity contribution in [3.8, 4) is 0 Å². The lowest BCUT2D eigenvalue weighted by molar-refractivity contribution is -0.139. The third-order valence-corrected chi connectivity index (χ3v) is 3.64. The Morgan fingerprint density at radius 1 is 1.23 bits per heavy atom. The van der Waals surface area contributed by atoms with Crippen LogP contribution in [0.2, 0.25) is 0 Å². The van der Waals surface area contributed by atoms with Crippen molar-refractivity contribution >= 4 is 11.8 Å². The van der Waals surface area contributed by atoms with Crippen LogP contribution in [0.5, 0.6) is 0 Å². The average Bonchev–Trinajstić information content (AvgIpc) is 2.90. The van der Waals surface area contributed by atoms with Crippen LogP contribution in [0.25, 0.3) is 0 Å². The summed E-state index contributed by atoms with van der Waals surface area (Å²) in [6.07, 6.45) is 2.15. The fourth-order valence-corrected chi connectivity index (χ4v) is 2.58. The lowest BCUT2D eigenvalue weighted by Gasteiger charge is -2.27. The summed E-state index contributed by atoms with van der Waals surface area (Å²) in [4.78, 5) is 26.3. The molecular formula is C16H31N3O3. The van der Waals surface area contributed by atoms with E-state index >= 15 is 0 Å². The molecule has 1 fully saturated rings. The highest BCUT2D eigenvalue weighted by atomic mass is 16.5. The molecule has 1 aliphatic heterocycles. The molecule has 1 heterocycles. The number of hydrogen-bond acceptors (Lipinski definition) is 4. The van der Waals surface area contributed by atoms with Gasteiger partial charge in [-0.1, -0.05) is 20.8 Å². The molecule has 0 bridgehead atoms. The SMILES string of the molecule is COCCNCCNC(=O)C1CCCN1C(=O)CC(C)(C)C. The minimum atomic E-state index is -0.297. The summed E-state index contributed by atoms with van der Waals surface area (Å²) in [5, 5.41) is 6.09. The zero-order chi connectivity index (χ0) is 16.6. The number of likely N-dealkylation sites (tertiary alicyclic amines) is 1. The number of nitrogens with zero attached hydrogens (tertiary/aromatic N) is 1. The average molecular weight is 313 g/mol. The summed E-state index contributed by atoms with van der Waals surface area (Å²) in [5.41, 5.74) is -0.0496. The first-order valence-electron chi connectivity index (χ1n) is 8.12. The Hall–Kier alpha value is -1.14. The molecule has 1 rings (SSSR count). The van der Waals surface area contributed by atoms with E-state index < -0.39 is 0 Å². The molecule has 2 amide bonds. The van der Waals surface area contributed by atoms with E-state index in [1.165, 1.54) is 0 Å². The van der Waals surface area contributed by atoms with Crippen molar-refractivity contribution in [2.24, 2.45) is 5.41 Å². The molecule has 6 nitrogen and oxygen atoms in total. The van der Waals surface area contributed by atoms with Crippen molar-refractivity contribution in [1.29, 1.82) is 0 Å². The van der Waals surface area contributed by atoms with Gasteiger partial charge in [-0.15, -0.1) is 0 Å². The van der Waals surface area contributed by atoms with Crippen LogP contribution < -0.4 is 10.6 Å². The van der Waals surface area contributed by atoms with Crippen LogP contribution in [0.3, 0.4) is 0 Å². The predicted molar refractivity (Wildman–Crippen MR) is 86.6 cm³/mol. The first kappa shape index (κ1) is 18.9. The zero-order valence-corrected chi connectivity index (χ0v) is 14.4. The third-order valence-electron chi connectivity index (χ3n) is 3.64. The van der Waals surface area contributed by atoms with Gasteiger partial charge >= 0.3 is 0 Å². The molecular weight excluding hydrogens is 282 g/mol. The van der Waals surface area contributed by atoms with Crippen molar-refractivity contribution < 1.29 is 14.3 Å². The van der Waals surface area contributed by atoms with Crippen LogP contribution in [0.4, 0.5) is 0 Å². The molecule has 0 aromatic heterocycles. The van der Waals surface area contributed by atoms with Gasteiger partial charge in [-0.25, -0.2) is 0 Å². The van der Waals surface area contributed by atoms with Gasteiger partial charge in [0, 0.05) is 39.7 Å². The molecule has 0 saturated carbocycles. The van der Waals surface area contributed by atoms with Gasteiger partial charge in [-0.05, 0) is 18.3 Å². The fourth-order valence-electron chi connectivity index (χ4n) is 2.58. The van der Waals surface area contributed by atoms with Crippen LogP contribution in [0.15, 0.2) is 0 Å². The van der Waals surface area contributed by atoms with E-state index in [1.54, 1.807) is 12.0 Å². The zero-order valence-electron chi connectivity index (χ0n) is 14.4. The van der Waals surface area contributed by atoms with Gasteiger partial charge < -0.3 is 20.3 Å². The van der Waals surface area contributed by atoms with Gasteiger partial charge in [0.1, 0.15) is 6.04 Å². The Morgan fingerprint density at radius 3 is 2.59 bits per heavy atom. The summed E-state index contributed by atoms with van der Waals surface area (Å²) in [7, 11) is 1.66. The Balaban J connectivity index is 2.35. The summed E-state index contributed by atoms with van der Waals surface area (Å²) in [5.74, 6) is 0.0525. The molecule has 0 aromatic carbocycles. The van der Waals surface area contributed by atoms with E-state index in [2.05, 4.69) is 10.6 Å². The van der Waals surface area contributed by atoms with Gasteiger partial charge in [0.05, 0.1) is 6.61 Å². The Bertz CT molecular complexity index is 366. The lowest BCUT2D eigenvalue weighted by atomic mass is 9.91. The standard InChI is InChI=1S/C16H31N3O3/c1-16(2,3)12-14(20)19-10-5-6-13(19)15(21)18-8-7-17-9-11-22-4/h13,17H,5-12H2,1-4H3,(H,18,21). The molecule has 2 N–H and O–H groups in total. The number of methoxy groups -OCH3 is 1. The maximum absolute atomic E-state index is 12.3. The van der Waals surface area contributed by atoms with Crippen LogP contribution in [-0.2, 0) is 14.3 Å². The molecule has 22 heavy (non-hydrogen) atoms. The van der Waals surface area contributed by atoms with Crippen molar-refractivity contribution in [2.45, 2.75) is 46.1 Å². The maximum atomic E-state index is 12.3. The van der Waals surface area contributed by atoms with E-state index in [9.17, 15) is 9.59 Å². The van der Waals surface area contributed by atoms with E-state index in [1.807, 2.05) is 20.8 Å². The van der Waals surface area contributed by atoms with Gasteiger partial charge in [0.25, 0.3) is 0 Å². The van der Waals surface area contributed by atoms with Crippen LogP contribution >= 0.6 is 0 Å². The second kappa shape index (κ2) is 9.10. The summed E-state index contributed by atoms with van der Waals surface area (Å²) in [6, 6.07) is -0.297. The minimum absolute atomic E-state index is 0.0340. The van der Waals surface area contributed by atoms with Gasteiger partial charge in [0.2, 0.25) is 11.8 Å². The molecule has 1 saturated heterocycles. The largest absolute Gasteiger partial charge is 0.383 e. The van der Waals surface area contributed by atoms with Crippen molar-refractivity contribution in [3.05, 3.63) is 0 Å². The molecule has 0 aliphatic carbocycles. The molecule has 0 spiro atoms. The molecule has 128 valence electrons. The topological polar surface area (TPSA) is 70.7 Å². The quantitative estimate of drug-likeness (QED) is 0.649.